The summed E-state index contributed by atoms with van der Waals surface area (Å²) < 4.78 is 4.79. The molecule has 152 valence electrons. The van der Waals surface area contributed by atoms with Gasteiger partial charge in [-0.1, -0.05) is 36.8 Å². The Hall–Kier alpha value is -3.15. The minimum absolute atomic E-state index is 0.0506. The lowest BCUT2D eigenvalue weighted by Gasteiger charge is -2.19. The number of methoxy groups -OCH3 is 1. The number of carbonyl (C=O) groups excluding carboxylic acids is 3. The first-order chi connectivity index (χ1) is 13.9. The first kappa shape index (κ1) is 20.6. The summed E-state index contributed by atoms with van der Waals surface area (Å²) in [6, 6.07) is 12.6. The lowest BCUT2D eigenvalue weighted by Crippen LogP contribution is -2.30. The van der Waals surface area contributed by atoms with Crippen molar-refractivity contribution in [3.8, 4) is 0 Å². The predicted octanol–water partition coefficient (Wildman–Crippen LogP) is 3.33. The van der Waals surface area contributed by atoms with Gasteiger partial charge in [-0.15, -0.1) is 0 Å². The summed E-state index contributed by atoms with van der Waals surface area (Å²) in [6.07, 6.45) is 1.23. The van der Waals surface area contributed by atoms with Crippen LogP contribution in [0.3, 0.4) is 0 Å². The molecule has 0 aromatic heterocycles. The molecule has 1 heterocycles. The summed E-state index contributed by atoms with van der Waals surface area (Å²) >= 11 is 0. The third kappa shape index (κ3) is 4.65. The molecule has 0 bridgehead atoms. The molecule has 0 aliphatic carbocycles. The van der Waals surface area contributed by atoms with Gasteiger partial charge in [-0.3, -0.25) is 14.4 Å². The molecule has 6 nitrogen and oxygen atoms in total. The van der Waals surface area contributed by atoms with Crippen LogP contribution in [-0.4, -0.2) is 31.4 Å². The number of rotatable bonds is 6. The Kier molecular flexibility index (Phi) is 6.32. The van der Waals surface area contributed by atoms with E-state index in [4.69, 9.17) is 4.74 Å². The molecule has 2 aromatic carbocycles. The van der Waals surface area contributed by atoms with Crippen molar-refractivity contribution in [3.63, 3.8) is 0 Å². The molecule has 1 aliphatic rings. The summed E-state index contributed by atoms with van der Waals surface area (Å²) in [6.45, 7) is 4.46. The summed E-state index contributed by atoms with van der Waals surface area (Å²) in [7, 11) is 1.33. The highest BCUT2D eigenvalue weighted by Crippen LogP contribution is 2.29. The molecule has 0 fully saturated rings. The molecule has 2 aromatic rings. The van der Waals surface area contributed by atoms with E-state index in [-0.39, 0.29) is 18.2 Å². The van der Waals surface area contributed by atoms with Crippen molar-refractivity contribution < 1.29 is 19.1 Å². The number of hydrogen-bond acceptors (Lipinski definition) is 4. The minimum atomic E-state index is -0.484. The van der Waals surface area contributed by atoms with Crippen LogP contribution in [0.1, 0.15) is 52.9 Å². The molecule has 0 unspecified atom stereocenters. The number of nitrogens with one attached hydrogen (secondary N) is 1. The van der Waals surface area contributed by atoms with Crippen LogP contribution in [0.15, 0.2) is 42.5 Å². The van der Waals surface area contributed by atoms with Crippen LogP contribution >= 0.6 is 0 Å². The molecule has 0 saturated heterocycles. The number of nitrogens with zero attached hydrogens (tertiary/aromatic N) is 1. The normalized spacial score (nSPS) is 13.6. The van der Waals surface area contributed by atoms with Crippen LogP contribution in [0, 0.1) is 6.92 Å². The highest BCUT2D eigenvalue weighted by molar-refractivity contribution is 5.98. The van der Waals surface area contributed by atoms with Gasteiger partial charge in [0.1, 0.15) is 0 Å². The molecule has 1 atom stereocenters. The molecule has 0 saturated carbocycles. The lowest BCUT2D eigenvalue weighted by atomic mass is 10.0. The molecular weight excluding hydrogens is 368 g/mol. The topological polar surface area (TPSA) is 75.7 Å². The first-order valence-electron chi connectivity index (χ1n) is 9.80. The van der Waals surface area contributed by atoms with Gasteiger partial charge in [-0.05, 0) is 42.7 Å². The fourth-order valence-corrected chi connectivity index (χ4v) is 3.54. The van der Waals surface area contributed by atoms with Crippen LogP contribution in [0.2, 0.25) is 0 Å². The third-order valence-electron chi connectivity index (χ3n) is 5.22. The van der Waals surface area contributed by atoms with E-state index >= 15 is 0 Å². The van der Waals surface area contributed by atoms with E-state index in [1.54, 1.807) is 11.0 Å². The molecule has 1 aliphatic heterocycles. The average molecular weight is 394 g/mol. The van der Waals surface area contributed by atoms with Crippen LogP contribution in [-0.2, 0) is 20.7 Å². The number of benzene rings is 2. The van der Waals surface area contributed by atoms with E-state index in [9.17, 15) is 14.4 Å². The van der Waals surface area contributed by atoms with E-state index < -0.39 is 12.0 Å². The van der Waals surface area contributed by atoms with Gasteiger partial charge in [0.25, 0.3) is 5.91 Å². The van der Waals surface area contributed by atoms with Gasteiger partial charge in [0.15, 0.2) is 0 Å². The van der Waals surface area contributed by atoms with E-state index in [0.29, 0.717) is 18.5 Å². The monoisotopic (exact) mass is 394 g/mol. The van der Waals surface area contributed by atoms with Gasteiger partial charge in [0, 0.05) is 24.2 Å². The Labute approximate surface area is 170 Å². The van der Waals surface area contributed by atoms with Crippen LogP contribution in [0.5, 0.6) is 0 Å². The van der Waals surface area contributed by atoms with Crippen LogP contribution < -0.4 is 10.2 Å². The second-order valence-electron chi connectivity index (χ2n) is 7.21. The summed E-state index contributed by atoms with van der Waals surface area (Å²) in [4.78, 5) is 38.6. The number of esters is 1. The van der Waals surface area contributed by atoms with Crippen LogP contribution in [0.25, 0.3) is 0 Å². The van der Waals surface area contributed by atoms with Crippen molar-refractivity contribution >= 4 is 23.5 Å². The number of fused-ring (bicyclic) bond motifs is 1. The Bertz CT molecular complexity index is 921. The van der Waals surface area contributed by atoms with Crippen LogP contribution in [0.4, 0.5) is 5.69 Å². The summed E-state index contributed by atoms with van der Waals surface area (Å²) in [5.41, 5.74) is 4.31. The summed E-state index contributed by atoms with van der Waals surface area (Å²) in [5, 5.41) is 2.95. The Morgan fingerprint density at radius 3 is 2.52 bits per heavy atom. The Morgan fingerprint density at radius 2 is 1.86 bits per heavy atom. The van der Waals surface area contributed by atoms with Crippen molar-refractivity contribution in [2.45, 2.75) is 39.2 Å². The maximum Gasteiger partial charge on any atom is 0.307 e. The van der Waals surface area contributed by atoms with Crippen molar-refractivity contribution in [2.75, 3.05) is 18.6 Å². The number of anilines is 1. The van der Waals surface area contributed by atoms with Gasteiger partial charge in [0.2, 0.25) is 5.91 Å². The van der Waals surface area contributed by atoms with Gasteiger partial charge >= 0.3 is 5.97 Å². The average Bonchev–Trinajstić information content (AvgIpc) is 3.16. The second kappa shape index (κ2) is 8.90. The van der Waals surface area contributed by atoms with Crippen molar-refractivity contribution in [2.24, 2.45) is 0 Å². The highest BCUT2D eigenvalue weighted by atomic mass is 16.5. The molecule has 0 spiro atoms. The zero-order valence-corrected chi connectivity index (χ0v) is 17.0. The fourth-order valence-electron chi connectivity index (χ4n) is 3.54. The molecule has 0 radical (unpaired) electrons. The predicted molar refractivity (Wildman–Crippen MR) is 111 cm³/mol. The Morgan fingerprint density at radius 1 is 1.14 bits per heavy atom. The van der Waals surface area contributed by atoms with E-state index in [1.165, 1.54) is 7.11 Å². The minimum Gasteiger partial charge on any atom is -0.469 e. The number of carbonyl (C=O) groups is 3. The smallest absolute Gasteiger partial charge is 0.307 e. The highest BCUT2D eigenvalue weighted by Gasteiger charge is 2.25. The van der Waals surface area contributed by atoms with Gasteiger partial charge < -0.3 is 15.0 Å². The Balaban J connectivity index is 1.80. The van der Waals surface area contributed by atoms with E-state index in [2.05, 4.69) is 5.32 Å². The number of amides is 2. The molecule has 6 heteroatoms. The first-order valence-corrected chi connectivity index (χ1v) is 9.80. The van der Waals surface area contributed by atoms with Gasteiger partial charge in [0.05, 0.1) is 19.6 Å². The van der Waals surface area contributed by atoms with E-state index in [0.717, 1.165) is 28.8 Å². The van der Waals surface area contributed by atoms with Gasteiger partial charge in [-0.2, -0.15) is 0 Å². The lowest BCUT2D eigenvalue weighted by molar-refractivity contribution is -0.141. The second-order valence-corrected chi connectivity index (χ2v) is 7.21. The maximum absolute atomic E-state index is 12.9. The van der Waals surface area contributed by atoms with Crippen molar-refractivity contribution in [3.05, 3.63) is 64.7 Å². The largest absolute Gasteiger partial charge is 0.469 e. The maximum atomic E-state index is 12.9. The number of aryl methyl sites for hydroxylation is 1. The number of hydrogen-bond donors (Lipinski definition) is 1. The summed E-state index contributed by atoms with van der Waals surface area (Å²) in [5.74, 6) is -0.570. The molecule has 3 rings (SSSR count). The zero-order valence-electron chi connectivity index (χ0n) is 17.0. The van der Waals surface area contributed by atoms with Crippen molar-refractivity contribution in [1.82, 2.24) is 5.32 Å². The molecule has 2 amide bonds. The quantitative estimate of drug-likeness (QED) is 0.763. The third-order valence-corrected chi connectivity index (χ3v) is 5.22. The molecule has 29 heavy (non-hydrogen) atoms. The molecule has 1 N–H and O–H groups in total. The van der Waals surface area contributed by atoms with Gasteiger partial charge in [-0.25, -0.2) is 0 Å². The SMILES string of the molecule is CCC(=O)N1CCc2cc(C(=O)N[C@H](CC(=O)OC)c3ccc(C)cc3)ccc21. The fraction of sp³-hybridized carbons (Fsp3) is 0.348. The van der Waals surface area contributed by atoms with E-state index in [1.807, 2.05) is 50.2 Å². The number of ether oxygens (including phenoxy) is 1. The zero-order chi connectivity index (χ0) is 21.0. The van der Waals surface area contributed by atoms with Crippen molar-refractivity contribution in [1.29, 1.82) is 0 Å². The standard InChI is InChI=1S/C23H26N2O4/c1-4-21(26)25-12-11-17-13-18(9-10-20(17)25)23(28)24-19(14-22(27)29-3)16-7-5-15(2)6-8-16/h5-10,13,19H,4,11-12,14H2,1-3H3,(H,24,28)/t19-/m1/s1. The molecular formula is C23H26N2O4.